The minimum Gasteiger partial charge on any atom is -0.463 e. The van der Waals surface area contributed by atoms with E-state index in [4.69, 9.17) is 37.9 Å². The molecule has 0 N–H and O–H groups in total. The van der Waals surface area contributed by atoms with Gasteiger partial charge >= 0.3 is 5.97 Å². The van der Waals surface area contributed by atoms with E-state index in [2.05, 4.69) is 13.8 Å². The van der Waals surface area contributed by atoms with Crippen molar-refractivity contribution in [3.8, 4) is 0 Å². The van der Waals surface area contributed by atoms with Crippen molar-refractivity contribution in [2.45, 2.75) is 181 Å². The Kier molecular flexibility index (Phi) is 48.5. The fourth-order valence-electron chi connectivity index (χ4n) is 6.04. The molecule has 53 heavy (non-hydrogen) atoms. The summed E-state index contributed by atoms with van der Waals surface area (Å²) in [4.78, 5) is 11.9. The molecule has 0 aliphatic heterocycles. The van der Waals surface area contributed by atoms with Gasteiger partial charge in [-0.15, -0.1) is 0 Å². The lowest BCUT2D eigenvalue weighted by Crippen LogP contribution is -2.15. The fraction of sp³-hybridized carbons (Fsp3) is 0.977. The Morgan fingerprint density at radius 3 is 0.792 bits per heavy atom. The average Bonchev–Trinajstić information content (AvgIpc) is 3.16. The third kappa shape index (κ3) is 49.2. The number of ether oxygens (including phenoxy) is 8. The summed E-state index contributed by atoms with van der Waals surface area (Å²) in [7, 11) is 0. The van der Waals surface area contributed by atoms with Gasteiger partial charge in [-0.05, 0) is 12.8 Å². The van der Waals surface area contributed by atoms with Crippen LogP contribution in [-0.4, -0.2) is 105 Å². The number of carbonyl (C=O) groups is 1. The van der Waals surface area contributed by atoms with Crippen LogP contribution >= 0.6 is 0 Å². The molecular weight excluding hydrogens is 672 g/mol. The maximum absolute atomic E-state index is 11.9. The minimum atomic E-state index is -0.121. The molecule has 0 unspecified atom stereocenters. The van der Waals surface area contributed by atoms with E-state index >= 15 is 0 Å². The van der Waals surface area contributed by atoms with Crippen LogP contribution in [0.25, 0.3) is 0 Å². The van der Waals surface area contributed by atoms with E-state index in [1.807, 2.05) is 0 Å². The van der Waals surface area contributed by atoms with Crippen molar-refractivity contribution in [1.82, 2.24) is 0 Å². The van der Waals surface area contributed by atoms with E-state index in [0.717, 1.165) is 25.9 Å². The SMILES string of the molecule is CCCCCCCCCCCCCCCCCC(=O)OCCOCCOCCOCCOCCOCCOCCOCCCCCCCCCCCC. The zero-order valence-electron chi connectivity index (χ0n) is 35.2. The number of carbonyl (C=O) groups excluding carboxylic acids is 1. The van der Waals surface area contributed by atoms with Crippen molar-refractivity contribution in [3.05, 3.63) is 0 Å². The van der Waals surface area contributed by atoms with Crippen LogP contribution in [0.4, 0.5) is 0 Å². The quantitative estimate of drug-likeness (QED) is 0.0444. The summed E-state index contributed by atoms with van der Waals surface area (Å²) in [6, 6.07) is 0. The van der Waals surface area contributed by atoms with Crippen LogP contribution in [0.5, 0.6) is 0 Å². The van der Waals surface area contributed by atoms with Crippen molar-refractivity contribution in [3.63, 3.8) is 0 Å². The van der Waals surface area contributed by atoms with E-state index in [9.17, 15) is 4.79 Å². The first-order chi connectivity index (χ1) is 26.3. The number of hydrogen-bond acceptors (Lipinski definition) is 9. The molecule has 0 aliphatic carbocycles. The molecule has 0 saturated heterocycles. The van der Waals surface area contributed by atoms with Crippen LogP contribution in [0, 0.1) is 0 Å². The minimum absolute atomic E-state index is 0.121. The van der Waals surface area contributed by atoms with Gasteiger partial charge in [-0.2, -0.15) is 0 Å². The van der Waals surface area contributed by atoms with Gasteiger partial charge in [0.1, 0.15) is 6.61 Å². The lowest BCUT2D eigenvalue weighted by atomic mass is 10.0. The van der Waals surface area contributed by atoms with E-state index in [0.29, 0.717) is 98.9 Å². The summed E-state index contributed by atoms with van der Waals surface area (Å²) in [5.74, 6) is -0.121. The lowest BCUT2D eigenvalue weighted by Gasteiger charge is -2.09. The molecule has 0 aromatic heterocycles. The number of esters is 1. The third-order valence-electron chi connectivity index (χ3n) is 9.35. The summed E-state index contributed by atoms with van der Waals surface area (Å²) < 4.78 is 44.1. The molecule has 9 nitrogen and oxygen atoms in total. The van der Waals surface area contributed by atoms with Gasteiger partial charge in [-0.1, -0.05) is 162 Å². The van der Waals surface area contributed by atoms with Gasteiger partial charge in [0.15, 0.2) is 0 Å². The third-order valence-corrected chi connectivity index (χ3v) is 9.35. The summed E-state index contributed by atoms with van der Waals surface area (Å²) in [5, 5.41) is 0. The van der Waals surface area contributed by atoms with Crippen molar-refractivity contribution in [2.24, 2.45) is 0 Å². The summed E-state index contributed by atoms with van der Waals surface area (Å²) in [6.45, 7) is 12.6. The molecule has 0 fully saturated rings. The van der Waals surface area contributed by atoms with Crippen LogP contribution < -0.4 is 0 Å². The second-order valence-corrected chi connectivity index (χ2v) is 14.4. The number of unbranched alkanes of at least 4 members (excludes halogenated alkanes) is 23. The van der Waals surface area contributed by atoms with Gasteiger partial charge in [0.2, 0.25) is 0 Å². The maximum Gasteiger partial charge on any atom is 0.305 e. The van der Waals surface area contributed by atoms with Crippen LogP contribution in [-0.2, 0) is 42.7 Å². The van der Waals surface area contributed by atoms with Gasteiger partial charge < -0.3 is 37.9 Å². The molecule has 0 aromatic carbocycles. The summed E-state index contributed by atoms with van der Waals surface area (Å²) in [5.41, 5.74) is 0. The van der Waals surface area contributed by atoms with Crippen LogP contribution in [0.15, 0.2) is 0 Å². The average molecular weight is 761 g/mol. The normalized spacial score (nSPS) is 11.5. The largest absolute Gasteiger partial charge is 0.463 e. The predicted molar refractivity (Wildman–Crippen MR) is 218 cm³/mol. The van der Waals surface area contributed by atoms with E-state index in [1.165, 1.54) is 141 Å². The summed E-state index contributed by atoms with van der Waals surface area (Å²) in [6.07, 6.45) is 33.7. The highest BCUT2D eigenvalue weighted by Gasteiger charge is 2.03. The van der Waals surface area contributed by atoms with Crippen LogP contribution in [0.3, 0.4) is 0 Å². The zero-order valence-corrected chi connectivity index (χ0v) is 35.2. The molecule has 318 valence electrons. The monoisotopic (exact) mass is 761 g/mol. The molecule has 0 heterocycles. The first-order valence-corrected chi connectivity index (χ1v) is 22.5. The Bertz CT molecular complexity index is 667. The molecule has 0 saturated carbocycles. The molecule has 0 spiro atoms. The smallest absolute Gasteiger partial charge is 0.305 e. The van der Waals surface area contributed by atoms with Crippen molar-refractivity contribution in [2.75, 3.05) is 99.1 Å². The molecule has 0 atom stereocenters. The molecule has 0 aromatic rings. The molecule has 0 rings (SSSR count). The van der Waals surface area contributed by atoms with E-state index in [-0.39, 0.29) is 5.97 Å². The Labute approximate surface area is 328 Å². The van der Waals surface area contributed by atoms with Gasteiger partial charge in [0.05, 0.1) is 85.9 Å². The van der Waals surface area contributed by atoms with Crippen molar-refractivity contribution in [1.29, 1.82) is 0 Å². The number of rotatable bonds is 48. The van der Waals surface area contributed by atoms with Gasteiger partial charge in [0.25, 0.3) is 0 Å². The lowest BCUT2D eigenvalue weighted by molar-refractivity contribution is -0.145. The highest BCUT2D eigenvalue weighted by atomic mass is 16.6. The zero-order chi connectivity index (χ0) is 38.2. The Morgan fingerprint density at radius 2 is 0.491 bits per heavy atom. The molecule has 0 aliphatic rings. The Hall–Kier alpha value is -0.810. The molecule has 0 radical (unpaired) electrons. The standard InChI is InChI=1S/C44H88O9/c1-3-5-7-9-11-13-15-16-17-18-19-20-22-24-26-28-44(45)53-43-42-52-41-40-51-39-38-50-37-36-49-35-34-48-33-32-47-31-30-46-29-27-25-23-21-14-12-10-8-6-4-2/h3-43H2,1-2H3. The highest BCUT2D eigenvalue weighted by Crippen LogP contribution is 2.14. The Morgan fingerprint density at radius 1 is 0.264 bits per heavy atom. The maximum atomic E-state index is 11.9. The predicted octanol–water partition coefficient (Wildman–Crippen LogP) is 10.8. The van der Waals surface area contributed by atoms with Crippen LogP contribution in [0.2, 0.25) is 0 Å². The molecular formula is C44H88O9. The molecule has 0 amide bonds. The van der Waals surface area contributed by atoms with Gasteiger partial charge in [-0.3, -0.25) is 4.79 Å². The van der Waals surface area contributed by atoms with Crippen molar-refractivity contribution < 1.29 is 42.7 Å². The second kappa shape index (κ2) is 49.2. The fourth-order valence-corrected chi connectivity index (χ4v) is 6.04. The van der Waals surface area contributed by atoms with E-state index < -0.39 is 0 Å². The first kappa shape index (κ1) is 52.2. The van der Waals surface area contributed by atoms with Crippen molar-refractivity contribution >= 4 is 5.97 Å². The van der Waals surface area contributed by atoms with Gasteiger partial charge in [-0.25, -0.2) is 0 Å². The van der Waals surface area contributed by atoms with E-state index in [1.54, 1.807) is 0 Å². The molecule has 9 heteroatoms. The first-order valence-electron chi connectivity index (χ1n) is 22.5. The topological polar surface area (TPSA) is 90.9 Å². The van der Waals surface area contributed by atoms with Crippen LogP contribution in [0.1, 0.15) is 181 Å². The molecule has 0 bridgehead atoms. The van der Waals surface area contributed by atoms with Gasteiger partial charge in [0, 0.05) is 13.0 Å². The Balaban J connectivity index is 3.12. The number of hydrogen-bond donors (Lipinski definition) is 0. The second-order valence-electron chi connectivity index (χ2n) is 14.4. The highest BCUT2D eigenvalue weighted by molar-refractivity contribution is 5.69. The summed E-state index contributed by atoms with van der Waals surface area (Å²) >= 11 is 0.